The molecule has 0 aliphatic carbocycles. The Morgan fingerprint density at radius 1 is 1.03 bits per heavy atom. The van der Waals surface area contributed by atoms with Gasteiger partial charge in [0.15, 0.2) is 0 Å². The van der Waals surface area contributed by atoms with Gasteiger partial charge in [0.1, 0.15) is 6.54 Å². The van der Waals surface area contributed by atoms with E-state index in [-0.39, 0.29) is 23.1 Å². The summed E-state index contributed by atoms with van der Waals surface area (Å²) in [6, 6.07) is 16.1. The number of para-hydroxylation sites is 1. The van der Waals surface area contributed by atoms with Crippen molar-refractivity contribution in [2.24, 2.45) is 5.92 Å². The smallest absolute Gasteiger partial charge is 0.343 e. The van der Waals surface area contributed by atoms with Gasteiger partial charge >= 0.3 is 6.18 Å². The van der Waals surface area contributed by atoms with Crippen LogP contribution < -0.4 is 10.6 Å². The molecule has 1 fully saturated rings. The highest BCUT2D eigenvalue weighted by molar-refractivity contribution is 6.04. The molecule has 0 radical (unpaired) electrons. The zero-order chi connectivity index (χ0) is 21.6. The Morgan fingerprint density at radius 3 is 2.47 bits per heavy atom. The van der Waals surface area contributed by atoms with Crippen molar-refractivity contribution in [3.05, 3.63) is 65.7 Å². The maximum atomic E-state index is 12.8. The van der Waals surface area contributed by atoms with Crippen molar-refractivity contribution in [2.45, 2.75) is 25.6 Å². The third-order valence-electron chi connectivity index (χ3n) is 5.00. The first-order valence-electron chi connectivity index (χ1n) is 9.83. The molecule has 160 valence electrons. The van der Waals surface area contributed by atoms with Gasteiger partial charge in [-0.05, 0) is 37.1 Å². The van der Waals surface area contributed by atoms with Crippen LogP contribution in [0.4, 0.5) is 18.9 Å². The summed E-state index contributed by atoms with van der Waals surface area (Å²) in [5, 5.41) is 4.58. The first-order valence-corrected chi connectivity index (χ1v) is 9.83. The maximum absolute atomic E-state index is 12.8. The molecule has 2 N–H and O–H groups in total. The number of piperidine rings is 1. The quantitative estimate of drug-likeness (QED) is 0.748. The highest BCUT2D eigenvalue weighted by Crippen LogP contribution is 2.22. The van der Waals surface area contributed by atoms with Crippen molar-refractivity contribution in [2.75, 3.05) is 25.0 Å². The minimum absolute atomic E-state index is 0.00653. The van der Waals surface area contributed by atoms with Gasteiger partial charge in [-0.2, -0.15) is 13.2 Å². The Bertz CT molecular complexity index is 871. The van der Waals surface area contributed by atoms with E-state index in [0.717, 1.165) is 25.9 Å². The van der Waals surface area contributed by atoms with Crippen LogP contribution in [0.1, 0.15) is 28.8 Å². The van der Waals surface area contributed by atoms with Crippen molar-refractivity contribution in [3.63, 3.8) is 0 Å². The monoisotopic (exact) mass is 419 g/mol. The van der Waals surface area contributed by atoms with Crippen LogP contribution >= 0.6 is 0 Å². The summed E-state index contributed by atoms with van der Waals surface area (Å²) in [5.74, 6) is -1.37. The third kappa shape index (κ3) is 6.32. The van der Waals surface area contributed by atoms with E-state index in [1.165, 1.54) is 17.7 Å². The molecule has 0 bridgehead atoms. The van der Waals surface area contributed by atoms with Gasteiger partial charge < -0.3 is 10.6 Å². The second-order valence-electron chi connectivity index (χ2n) is 7.39. The van der Waals surface area contributed by atoms with Gasteiger partial charge in [-0.1, -0.05) is 42.5 Å². The number of halogens is 3. The molecular weight excluding hydrogens is 395 g/mol. The van der Waals surface area contributed by atoms with Gasteiger partial charge in [-0.3, -0.25) is 14.5 Å². The van der Waals surface area contributed by atoms with E-state index in [0.29, 0.717) is 6.54 Å². The largest absolute Gasteiger partial charge is 0.405 e. The van der Waals surface area contributed by atoms with Gasteiger partial charge in [0, 0.05) is 13.1 Å². The predicted molar refractivity (Wildman–Crippen MR) is 108 cm³/mol. The number of rotatable bonds is 6. The van der Waals surface area contributed by atoms with E-state index in [9.17, 15) is 22.8 Å². The van der Waals surface area contributed by atoms with Gasteiger partial charge in [-0.25, -0.2) is 0 Å². The topological polar surface area (TPSA) is 61.4 Å². The van der Waals surface area contributed by atoms with Crippen LogP contribution in [0.2, 0.25) is 0 Å². The van der Waals surface area contributed by atoms with Crippen LogP contribution in [0.3, 0.4) is 0 Å². The molecule has 2 aromatic carbocycles. The van der Waals surface area contributed by atoms with Crippen LogP contribution in [0.5, 0.6) is 0 Å². The Kier molecular flexibility index (Phi) is 7.10. The Hall–Kier alpha value is -2.87. The summed E-state index contributed by atoms with van der Waals surface area (Å²) in [5.41, 5.74) is 1.39. The summed E-state index contributed by atoms with van der Waals surface area (Å²) in [6.07, 6.45) is -2.91. The van der Waals surface area contributed by atoms with E-state index >= 15 is 0 Å². The van der Waals surface area contributed by atoms with Crippen LogP contribution in [0, 0.1) is 5.92 Å². The highest BCUT2D eigenvalue weighted by atomic mass is 19.4. The van der Waals surface area contributed by atoms with E-state index in [1.807, 2.05) is 35.6 Å². The van der Waals surface area contributed by atoms with Crippen LogP contribution in [0.25, 0.3) is 0 Å². The number of alkyl halides is 3. The van der Waals surface area contributed by atoms with Gasteiger partial charge in [0.25, 0.3) is 5.91 Å². The first-order chi connectivity index (χ1) is 14.3. The molecule has 0 spiro atoms. The van der Waals surface area contributed by atoms with Crippen molar-refractivity contribution < 1.29 is 22.8 Å². The van der Waals surface area contributed by atoms with Crippen molar-refractivity contribution in [1.29, 1.82) is 0 Å². The van der Waals surface area contributed by atoms with E-state index in [1.54, 1.807) is 12.1 Å². The SMILES string of the molecule is O=C(NCC(F)(F)F)c1ccccc1NC(=O)C1CCCN(Cc2ccccc2)C1. The minimum Gasteiger partial charge on any atom is -0.343 e. The zero-order valence-electron chi connectivity index (χ0n) is 16.4. The zero-order valence-corrected chi connectivity index (χ0v) is 16.4. The molecule has 1 aliphatic heterocycles. The average Bonchev–Trinajstić information content (AvgIpc) is 2.73. The number of likely N-dealkylation sites (tertiary alicyclic amines) is 1. The number of anilines is 1. The molecule has 8 heteroatoms. The standard InChI is InChI=1S/C22H24F3N3O2/c23-22(24,25)15-26-21(30)18-10-4-5-11-19(18)27-20(29)17-9-6-12-28(14-17)13-16-7-2-1-3-8-16/h1-5,7-8,10-11,17H,6,9,12-15H2,(H,26,30)(H,27,29). The lowest BCUT2D eigenvalue weighted by Gasteiger charge is -2.32. The fourth-order valence-corrected chi connectivity index (χ4v) is 3.56. The number of carbonyl (C=O) groups excluding carboxylic acids is 2. The number of amides is 2. The molecule has 2 amide bonds. The van der Waals surface area contributed by atoms with Gasteiger partial charge in [-0.15, -0.1) is 0 Å². The molecule has 1 atom stereocenters. The number of hydrogen-bond acceptors (Lipinski definition) is 3. The molecule has 1 aliphatic rings. The van der Waals surface area contributed by atoms with Crippen molar-refractivity contribution in [1.82, 2.24) is 10.2 Å². The molecule has 30 heavy (non-hydrogen) atoms. The number of carbonyl (C=O) groups is 2. The third-order valence-corrected chi connectivity index (χ3v) is 5.00. The molecule has 5 nitrogen and oxygen atoms in total. The molecule has 0 aromatic heterocycles. The molecule has 3 rings (SSSR count). The summed E-state index contributed by atoms with van der Waals surface area (Å²) in [6.45, 7) is 0.810. The Labute approximate surface area is 173 Å². The first kappa shape index (κ1) is 21.8. The van der Waals surface area contributed by atoms with E-state index in [2.05, 4.69) is 10.2 Å². The molecule has 1 unspecified atom stereocenters. The lowest BCUT2D eigenvalue weighted by molar-refractivity contribution is -0.123. The summed E-state index contributed by atoms with van der Waals surface area (Å²) in [4.78, 5) is 27.2. The number of nitrogens with zero attached hydrogens (tertiary/aromatic N) is 1. The minimum atomic E-state index is -4.50. The molecule has 1 saturated heterocycles. The fourth-order valence-electron chi connectivity index (χ4n) is 3.56. The lowest BCUT2D eigenvalue weighted by atomic mass is 9.96. The Balaban J connectivity index is 1.62. The molecule has 0 saturated carbocycles. The van der Waals surface area contributed by atoms with E-state index < -0.39 is 18.6 Å². The predicted octanol–water partition coefficient (Wildman–Crippen LogP) is 3.83. The second-order valence-corrected chi connectivity index (χ2v) is 7.39. The van der Waals surface area contributed by atoms with Crippen molar-refractivity contribution >= 4 is 17.5 Å². The summed E-state index contributed by atoms with van der Waals surface area (Å²) in [7, 11) is 0. The molecule has 1 heterocycles. The van der Waals surface area contributed by atoms with Crippen molar-refractivity contribution in [3.8, 4) is 0 Å². The maximum Gasteiger partial charge on any atom is 0.405 e. The summed E-state index contributed by atoms with van der Waals surface area (Å²) >= 11 is 0. The molecule has 2 aromatic rings. The average molecular weight is 419 g/mol. The van der Waals surface area contributed by atoms with E-state index in [4.69, 9.17) is 0 Å². The number of benzene rings is 2. The normalized spacial score (nSPS) is 17.4. The summed E-state index contributed by atoms with van der Waals surface area (Å²) < 4.78 is 37.2. The molecular formula is C22H24F3N3O2. The second kappa shape index (κ2) is 9.75. The lowest BCUT2D eigenvalue weighted by Crippen LogP contribution is -2.40. The van der Waals surface area contributed by atoms with Gasteiger partial charge in [0.2, 0.25) is 5.91 Å². The van der Waals surface area contributed by atoms with Crippen LogP contribution in [0.15, 0.2) is 54.6 Å². The van der Waals surface area contributed by atoms with Crippen LogP contribution in [-0.2, 0) is 11.3 Å². The van der Waals surface area contributed by atoms with Gasteiger partial charge in [0.05, 0.1) is 17.2 Å². The van der Waals surface area contributed by atoms with Crippen LogP contribution in [-0.4, -0.2) is 42.5 Å². The fraction of sp³-hybridized carbons (Fsp3) is 0.364. The Morgan fingerprint density at radius 2 is 1.73 bits per heavy atom. The number of nitrogens with one attached hydrogen (secondary N) is 2. The number of hydrogen-bond donors (Lipinski definition) is 2. The highest BCUT2D eigenvalue weighted by Gasteiger charge is 2.29.